The molecule has 2 atom stereocenters. The van der Waals surface area contributed by atoms with Crippen molar-refractivity contribution in [3.63, 3.8) is 0 Å². The Balaban J connectivity index is 1.57. The van der Waals surface area contributed by atoms with E-state index in [-0.39, 0.29) is 30.4 Å². The summed E-state index contributed by atoms with van der Waals surface area (Å²) in [6.07, 6.45) is 0.324. The van der Waals surface area contributed by atoms with Crippen molar-refractivity contribution in [3.8, 4) is 0 Å². The number of ether oxygens (including phenoxy) is 1. The topological polar surface area (TPSA) is 59.0 Å². The average molecular weight is 370 g/mol. The van der Waals surface area contributed by atoms with Crippen LogP contribution in [-0.2, 0) is 9.53 Å². The minimum atomic E-state index is -0.362. The number of rotatable bonds is 2. The van der Waals surface area contributed by atoms with Gasteiger partial charge >= 0.3 is 5.97 Å². The fourth-order valence-corrected chi connectivity index (χ4v) is 3.91. The van der Waals surface area contributed by atoms with Crippen molar-refractivity contribution in [3.05, 3.63) is 83.9 Å². The number of carbonyl (C=O) groups excluding carboxylic acids is 2. The Kier molecular flexibility index (Phi) is 3.93. The lowest BCUT2D eigenvalue weighted by Gasteiger charge is -2.32. The van der Waals surface area contributed by atoms with Gasteiger partial charge in [0.15, 0.2) is 0 Å². The molecule has 28 heavy (non-hydrogen) atoms. The van der Waals surface area contributed by atoms with Crippen molar-refractivity contribution in [1.82, 2.24) is 5.01 Å². The monoisotopic (exact) mass is 370 g/mol. The zero-order valence-electron chi connectivity index (χ0n) is 15.1. The average Bonchev–Trinajstić information content (AvgIpc) is 3.13. The number of benzene rings is 3. The van der Waals surface area contributed by atoms with Gasteiger partial charge in [0.1, 0.15) is 12.1 Å². The van der Waals surface area contributed by atoms with Gasteiger partial charge in [-0.25, -0.2) is 5.01 Å². The molecule has 0 aliphatic carbocycles. The third-order valence-corrected chi connectivity index (χ3v) is 5.34. The lowest BCUT2D eigenvalue weighted by atomic mass is 9.95. The number of amides is 1. The van der Waals surface area contributed by atoms with E-state index < -0.39 is 0 Å². The van der Waals surface area contributed by atoms with Gasteiger partial charge in [-0.3, -0.25) is 9.59 Å². The Morgan fingerprint density at radius 2 is 1.68 bits per heavy atom. The number of carbonyl (C=O) groups is 2. The van der Waals surface area contributed by atoms with Crippen molar-refractivity contribution < 1.29 is 14.3 Å². The Hall–Kier alpha value is -3.47. The van der Waals surface area contributed by atoms with Crippen molar-refractivity contribution in [2.45, 2.75) is 25.0 Å². The molecule has 0 saturated carbocycles. The highest BCUT2D eigenvalue weighted by atomic mass is 16.6. The number of fused-ring (bicyclic) bond motifs is 2. The van der Waals surface area contributed by atoms with Crippen LogP contribution >= 0.6 is 0 Å². The van der Waals surface area contributed by atoms with Crippen LogP contribution in [0.1, 0.15) is 28.8 Å². The maximum Gasteiger partial charge on any atom is 0.308 e. The molecule has 0 bridgehead atoms. The van der Waals surface area contributed by atoms with Crippen molar-refractivity contribution in [2.75, 3.05) is 0 Å². The summed E-state index contributed by atoms with van der Waals surface area (Å²) in [5.41, 5.74) is 2.24. The molecule has 2 heterocycles. The molecular formula is C23H18N2O3. The Bertz CT molecular complexity index is 1110. The predicted octanol–water partition coefficient (Wildman–Crippen LogP) is 3.77. The highest BCUT2D eigenvalue weighted by Gasteiger charge is 2.45. The van der Waals surface area contributed by atoms with Gasteiger partial charge in [0.05, 0.1) is 12.1 Å². The highest BCUT2D eigenvalue weighted by Crippen LogP contribution is 2.31. The van der Waals surface area contributed by atoms with E-state index in [1.165, 1.54) is 5.01 Å². The SMILES string of the molecule is O=C1C[C@@H]2[C@@H](CC(c3ccc4ccccc4c3)=NN2C(=O)c2ccccc2)O1. The molecule has 3 aromatic carbocycles. The quantitative estimate of drug-likeness (QED) is 0.645. The fraction of sp³-hybridized carbons (Fsp3) is 0.174. The third-order valence-electron chi connectivity index (χ3n) is 5.34. The highest BCUT2D eigenvalue weighted by molar-refractivity contribution is 6.06. The van der Waals surface area contributed by atoms with E-state index >= 15 is 0 Å². The van der Waals surface area contributed by atoms with Crippen LogP contribution in [0.2, 0.25) is 0 Å². The Morgan fingerprint density at radius 3 is 2.50 bits per heavy atom. The van der Waals surface area contributed by atoms with Gasteiger partial charge in [0.2, 0.25) is 0 Å². The largest absolute Gasteiger partial charge is 0.460 e. The maximum absolute atomic E-state index is 13.1. The normalized spacial score (nSPS) is 21.2. The van der Waals surface area contributed by atoms with Crippen LogP contribution in [0, 0.1) is 0 Å². The van der Waals surface area contributed by atoms with Gasteiger partial charge in [0.25, 0.3) is 5.91 Å². The zero-order chi connectivity index (χ0) is 19.1. The Morgan fingerprint density at radius 1 is 0.929 bits per heavy atom. The summed E-state index contributed by atoms with van der Waals surface area (Å²) in [4.78, 5) is 25.0. The second-order valence-corrected chi connectivity index (χ2v) is 7.13. The number of nitrogens with zero attached hydrogens (tertiary/aromatic N) is 2. The molecule has 1 saturated heterocycles. The summed E-state index contributed by atoms with van der Waals surface area (Å²) < 4.78 is 5.51. The first-order chi connectivity index (χ1) is 13.7. The molecule has 2 aliphatic rings. The molecule has 5 heteroatoms. The summed E-state index contributed by atoms with van der Waals surface area (Å²) in [7, 11) is 0. The molecule has 0 aromatic heterocycles. The predicted molar refractivity (Wildman–Crippen MR) is 106 cm³/mol. The molecule has 1 amide bonds. The first kappa shape index (κ1) is 16.7. The fourth-order valence-electron chi connectivity index (χ4n) is 3.91. The maximum atomic E-state index is 13.1. The molecule has 0 unspecified atom stereocenters. The van der Waals surface area contributed by atoms with Gasteiger partial charge in [-0.05, 0) is 34.5 Å². The molecule has 1 fully saturated rings. The number of hydrazone groups is 1. The van der Waals surface area contributed by atoms with Gasteiger partial charge in [-0.2, -0.15) is 5.10 Å². The summed E-state index contributed by atoms with van der Waals surface area (Å²) in [6.45, 7) is 0. The van der Waals surface area contributed by atoms with Gasteiger partial charge < -0.3 is 4.74 Å². The summed E-state index contributed by atoms with van der Waals surface area (Å²) in [6, 6.07) is 22.9. The van der Waals surface area contributed by atoms with E-state index in [0.29, 0.717) is 12.0 Å². The van der Waals surface area contributed by atoms with Crippen LogP contribution in [0.4, 0.5) is 0 Å². The van der Waals surface area contributed by atoms with Crippen LogP contribution in [-0.4, -0.2) is 34.7 Å². The van der Waals surface area contributed by atoms with Crippen LogP contribution in [0.3, 0.4) is 0 Å². The first-order valence-corrected chi connectivity index (χ1v) is 9.34. The van der Waals surface area contributed by atoms with E-state index in [2.05, 4.69) is 17.2 Å². The number of hydrogen-bond acceptors (Lipinski definition) is 4. The van der Waals surface area contributed by atoms with Gasteiger partial charge in [-0.1, -0.05) is 54.6 Å². The molecule has 0 spiro atoms. The zero-order valence-corrected chi connectivity index (χ0v) is 15.1. The molecule has 5 nitrogen and oxygen atoms in total. The lowest BCUT2D eigenvalue weighted by Crippen LogP contribution is -2.46. The molecule has 0 N–H and O–H groups in total. The Labute approximate surface area is 162 Å². The summed E-state index contributed by atoms with van der Waals surface area (Å²) in [5, 5.41) is 8.37. The second kappa shape index (κ2) is 6.60. The molecule has 5 rings (SSSR count). The van der Waals surface area contributed by atoms with Crippen LogP contribution in [0.25, 0.3) is 10.8 Å². The van der Waals surface area contributed by atoms with Crippen LogP contribution < -0.4 is 0 Å². The smallest absolute Gasteiger partial charge is 0.308 e. The van der Waals surface area contributed by atoms with Gasteiger partial charge in [-0.15, -0.1) is 0 Å². The number of hydrogen-bond donors (Lipinski definition) is 0. The molecule has 2 aliphatic heterocycles. The molecular weight excluding hydrogens is 352 g/mol. The first-order valence-electron chi connectivity index (χ1n) is 9.34. The lowest BCUT2D eigenvalue weighted by molar-refractivity contribution is -0.141. The minimum absolute atomic E-state index is 0.178. The third kappa shape index (κ3) is 2.85. The summed E-state index contributed by atoms with van der Waals surface area (Å²) >= 11 is 0. The van der Waals surface area contributed by atoms with E-state index in [0.717, 1.165) is 22.0 Å². The number of esters is 1. The molecule has 0 radical (unpaired) electrons. The molecule has 3 aromatic rings. The van der Waals surface area contributed by atoms with E-state index in [1.54, 1.807) is 12.1 Å². The van der Waals surface area contributed by atoms with Crippen molar-refractivity contribution >= 4 is 28.4 Å². The van der Waals surface area contributed by atoms with E-state index in [4.69, 9.17) is 4.74 Å². The standard InChI is InChI=1S/C23H18N2O3/c26-22-14-20-21(28-22)13-19(18-11-10-15-6-4-5-9-17(15)12-18)24-25(20)23(27)16-7-2-1-3-8-16/h1-12,20-21H,13-14H2/t20-,21-/m1/s1. The summed E-state index contributed by atoms with van der Waals surface area (Å²) in [5.74, 6) is -0.497. The molecule has 138 valence electrons. The van der Waals surface area contributed by atoms with Crippen LogP contribution in [0.15, 0.2) is 77.9 Å². The van der Waals surface area contributed by atoms with Crippen LogP contribution in [0.5, 0.6) is 0 Å². The van der Waals surface area contributed by atoms with Crippen molar-refractivity contribution in [1.29, 1.82) is 0 Å². The van der Waals surface area contributed by atoms with E-state index in [9.17, 15) is 9.59 Å². The van der Waals surface area contributed by atoms with Crippen molar-refractivity contribution in [2.24, 2.45) is 5.10 Å². The van der Waals surface area contributed by atoms with Gasteiger partial charge in [0, 0.05) is 12.0 Å². The minimum Gasteiger partial charge on any atom is -0.460 e. The van der Waals surface area contributed by atoms with E-state index in [1.807, 2.05) is 48.5 Å². The second-order valence-electron chi connectivity index (χ2n) is 7.13.